The van der Waals surface area contributed by atoms with Crippen LogP contribution in [-0.2, 0) is 6.42 Å². The third kappa shape index (κ3) is 7.83. The van der Waals surface area contributed by atoms with E-state index in [1.165, 1.54) is 57.8 Å². The van der Waals surface area contributed by atoms with Crippen molar-refractivity contribution in [3.05, 3.63) is 95.8 Å². The van der Waals surface area contributed by atoms with Crippen molar-refractivity contribution in [3.63, 3.8) is 0 Å². The van der Waals surface area contributed by atoms with Crippen LogP contribution in [0.4, 0.5) is 13.2 Å². The van der Waals surface area contributed by atoms with Crippen LogP contribution < -0.4 is 0 Å². The lowest BCUT2D eigenvalue weighted by molar-refractivity contribution is 0.171. The number of hydrogen-bond donors (Lipinski definition) is 0. The third-order valence-corrected chi connectivity index (χ3v) is 10.5. The minimum atomic E-state index is -0.800. The average molecular weight is 587 g/mol. The van der Waals surface area contributed by atoms with E-state index in [9.17, 15) is 4.39 Å². The van der Waals surface area contributed by atoms with Crippen LogP contribution in [0, 0.1) is 35.2 Å². The topological polar surface area (TPSA) is 0 Å². The molecule has 0 heterocycles. The Hall–Kier alpha value is -2.81. The second kappa shape index (κ2) is 15.3. The number of allylic oxidation sites excluding steroid dienone is 1. The molecule has 3 aromatic rings. The number of aryl methyl sites for hydroxylation is 1. The van der Waals surface area contributed by atoms with Gasteiger partial charge in [0.2, 0.25) is 0 Å². The van der Waals surface area contributed by atoms with Crippen LogP contribution in [0.1, 0.15) is 114 Å². The number of benzene rings is 3. The number of rotatable bonds is 12. The number of hydrogen-bond acceptors (Lipinski definition) is 0. The standard InChI is InChI=1S/C40H49F3/c1-3-5-6-7-8-9-10-34-23-26-37(40(43)39(34)42)33-21-19-32(20-22-33)36-25-24-35(27-38(36)41)31-17-15-30(16-18-31)29-13-11-28(4-2)12-14-29/h4,19-31H,2-3,5-18H2,1H3. The summed E-state index contributed by atoms with van der Waals surface area (Å²) in [5.74, 6) is 1.05. The van der Waals surface area contributed by atoms with Gasteiger partial charge in [-0.2, -0.15) is 0 Å². The number of halogens is 3. The summed E-state index contributed by atoms with van der Waals surface area (Å²) in [6.07, 6.45) is 19.4. The molecule has 0 spiro atoms. The van der Waals surface area contributed by atoms with Gasteiger partial charge >= 0.3 is 0 Å². The van der Waals surface area contributed by atoms with Gasteiger partial charge in [0, 0.05) is 11.1 Å². The van der Waals surface area contributed by atoms with Crippen LogP contribution >= 0.6 is 0 Å². The molecule has 230 valence electrons. The lowest BCUT2D eigenvalue weighted by Crippen LogP contribution is -2.25. The van der Waals surface area contributed by atoms with Crippen molar-refractivity contribution in [1.82, 2.24) is 0 Å². The molecule has 0 radical (unpaired) electrons. The maximum absolute atomic E-state index is 15.4. The Labute approximate surface area is 257 Å². The first kappa shape index (κ1) is 31.6. The zero-order valence-electron chi connectivity index (χ0n) is 26.0. The molecule has 0 unspecified atom stereocenters. The molecule has 43 heavy (non-hydrogen) atoms. The quantitative estimate of drug-likeness (QED) is 0.146. The Morgan fingerprint density at radius 2 is 1.23 bits per heavy atom. The minimum Gasteiger partial charge on any atom is -0.206 e. The first-order chi connectivity index (χ1) is 21.0. The molecule has 0 aromatic heterocycles. The third-order valence-electron chi connectivity index (χ3n) is 10.5. The molecular formula is C40H49F3. The highest BCUT2D eigenvalue weighted by atomic mass is 19.2. The van der Waals surface area contributed by atoms with Crippen molar-refractivity contribution < 1.29 is 13.2 Å². The van der Waals surface area contributed by atoms with Gasteiger partial charge in [0.05, 0.1) is 0 Å². The Morgan fingerprint density at radius 1 is 0.651 bits per heavy atom. The Morgan fingerprint density at radius 3 is 1.86 bits per heavy atom. The predicted molar refractivity (Wildman–Crippen MR) is 175 cm³/mol. The van der Waals surface area contributed by atoms with E-state index in [2.05, 4.69) is 25.6 Å². The van der Waals surface area contributed by atoms with Crippen LogP contribution in [0.3, 0.4) is 0 Å². The first-order valence-corrected chi connectivity index (χ1v) is 17.0. The predicted octanol–water partition coefficient (Wildman–Crippen LogP) is 12.6. The largest absolute Gasteiger partial charge is 0.206 e. The summed E-state index contributed by atoms with van der Waals surface area (Å²) in [5.41, 5.74) is 3.68. The molecule has 0 saturated heterocycles. The first-order valence-electron chi connectivity index (χ1n) is 17.0. The lowest BCUT2D eigenvalue weighted by atomic mass is 9.68. The SMILES string of the molecule is C=CC1CCC(C2CCC(c3ccc(-c4ccc(-c5ccc(CCCCCCCC)c(F)c5F)cc4)c(F)c3)CC2)CC1. The Balaban J connectivity index is 1.18. The number of unbranched alkanes of at least 4 members (excludes halogenated alkanes) is 5. The van der Waals surface area contributed by atoms with E-state index in [4.69, 9.17) is 0 Å². The van der Waals surface area contributed by atoms with Crippen LogP contribution in [0.5, 0.6) is 0 Å². The maximum Gasteiger partial charge on any atom is 0.166 e. The molecule has 0 aliphatic heterocycles. The second-order valence-corrected chi connectivity index (χ2v) is 13.3. The molecule has 2 fully saturated rings. The van der Waals surface area contributed by atoms with E-state index in [-0.39, 0.29) is 11.4 Å². The van der Waals surface area contributed by atoms with Gasteiger partial charge in [-0.15, -0.1) is 6.58 Å². The molecule has 3 aromatic carbocycles. The summed E-state index contributed by atoms with van der Waals surface area (Å²) in [4.78, 5) is 0. The van der Waals surface area contributed by atoms with E-state index in [0.717, 1.165) is 55.1 Å². The molecule has 5 rings (SSSR count). The highest BCUT2D eigenvalue weighted by Crippen LogP contribution is 2.44. The fourth-order valence-corrected chi connectivity index (χ4v) is 7.73. The summed E-state index contributed by atoms with van der Waals surface area (Å²) in [7, 11) is 0. The molecule has 2 aliphatic rings. The van der Waals surface area contributed by atoms with E-state index in [1.54, 1.807) is 42.5 Å². The molecule has 0 bridgehead atoms. The molecule has 2 aliphatic carbocycles. The molecule has 0 atom stereocenters. The monoisotopic (exact) mass is 586 g/mol. The average Bonchev–Trinajstić information content (AvgIpc) is 3.05. The van der Waals surface area contributed by atoms with Crippen molar-refractivity contribution >= 4 is 0 Å². The fraction of sp³-hybridized carbons (Fsp3) is 0.500. The van der Waals surface area contributed by atoms with Crippen LogP contribution in [0.15, 0.2) is 67.3 Å². The summed E-state index contributed by atoms with van der Waals surface area (Å²) < 4.78 is 45.3. The van der Waals surface area contributed by atoms with E-state index < -0.39 is 11.6 Å². The second-order valence-electron chi connectivity index (χ2n) is 13.3. The minimum absolute atomic E-state index is 0.216. The van der Waals surface area contributed by atoms with Crippen molar-refractivity contribution in [3.8, 4) is 22.3 Å². The molecule has 0 nitrogen and oxygen atoms in total. The van der Waals surface area contributed by atoms with E-state index in [0.29, 0.717) is 34.9 Å². The lowest BCUT2D eigenvalue weighted by Gasteiger charge is -2.37. The van der Waals surface area contributed by atoms with E-state index in [1.807, 2.05) is 6.07 Å². The molecule has 2 saturated carbocycles. The van der Waals surface area contributed by atoms with Crippen molar-refractivity contribution in [1.29, 1.82) is 0 Å². The zero-order valence-corrected chi connectivity index (χ0v) is 26.0. The van der Waals surface area contributed by atoms with E-state index >= 15 is 8.78 Å². The van der Waals surface area contributed by atoms with Gasteiger partial charge < -0.3 is 0 Å². The maximum atomic E-state index is 15.4. The zero-order chi connectivity index (χ0) is 30.2. The van der Waals surface area contributed by atoms with Crippen molar-refractivity contribution in [2.24, 2.45) is 17.8 Å². The smallest absolute Gasteiger partial charge is 0.166 e. The molecule has 0 amide bonds. The summed E-state index contributed by atoms with van der Waals surface area (Å²) in [6, 6.07) is 16.2. The Bertz CT molecular complexity index is 1320. The van der Waals surface area contributed by atoms with Gasteiger partial charge in [0.1, 0.15) is 5.82 Å². The summed E-state index contributed by atoms with van der Waals surface area (Å²) >= 11 is 0. The summed E-state index contributed by atoms with van der Waals surface area (Å²) in [5, 5.41) is 0. The van der Waals surface area contributed by atoms with Gasteiger partial charge in [0.15, 0.2) is 11.6 Å². The van der Waals surface area contributed by atoms with Crippen molar-refractivity contribution in [2.45, 2.75) is 109 Å². The van der Waals surface area contributed by atoms with Gasteiger partial charge in [-0.3, -0.25) is 0 Å². The van der Waals surface area contributed by atoms with Gasteiger partial charge in [0.25, 0.3) is 0 Å². The fourth-order valence-electron chi connectivity index (χ4n) is 7.73. The molecule has 3 heteroatoms. The van der Waals surface area contributed by atoms with Gasteiger partial charge in [-0.25, -0.2) is 13.2 Å². The normalized spacial score (nSPS) is 22.4. The molecule has 0 N–H and O–H groups in total. The van der Waals surface area contributed by atoms with Crippen LogP contribution in [-0.4, -0.2) is 0 Å². The summed E-state index contributed by atoms with van der Waals surface area (Å²) in [6.45, 7) is 6.17. The van der Waals surface area contributed by atoms with Gasteiger partial charge in [-0.05, 0) is 116 Å². The Kier molecular flexibility index (Phi) is 11.2. The highest BCUT2D eigenvalue weighted by Gasteiger charge is 2.31. The highest BCUT2D eigenvalue weighted by molar-refractivity contribution is 5.71. The van der Waals surface area contributed by atoms with Crippen LogP contribution in [0.2, 0.25) is 0 Å². The van der Waals surface area contributed by atoms with Crippen LogP contribution in [0.25, 0.3) is 22.3 Å². The van der Waals surface area contributed by atoms with Crippen molar-refractivity contribution in [2.75, 3.05) is 0 Å². The molecular weight excluding hydrogens is 537 g/mol. The van der Waals surface area contributed by atoms with Gasteiger partial charge in [-0.1, -0.05) is 93.6 Å².